The number of nitrogens with zero attached hydrogens (tertiary/aromatic N) is 2. The minimum Gasteiger partial charge on any atom is -0.382 e. The van der Waals surface area contributed by atoms with Crippen LogP contribution in [-0.4, -0.2) is 15.9 Å². The maximum atomic E-state index is 11.0. The Morgan fingerprint density at radius 2 is 2.21 bits per heavy atom. The lowest BCUT2D eigenvalue weighted by molar-refractivity contribution is -0.383. The minimum atomic E-state index is -0.385. The lowest BCUT2D eigenvalue weighted by Gasteiger charge is -2.15. The first-order valence-electron chi connectivity index (χ1n) is 6.45. The van der Waals surface area contributed by atoms with Crippen molar-refractivity contribution in [3.63, 3.8) is 0 Å². The Balaban J connectivity index is 2.05. The Hall–Kier alpha value is -2.17. The fourth-order valence-corrected chi connectivity index (χ4v) is 2.39. The van der Waals surface area contributed by atoms with Gasteiger partial charge in [-0.1, -0.05) is 12.1 Å². The third-order valence-electron chi connectivity index (χ3n) is 3.66. The van der Waals surface area contributed by atoms with E-state index in [9.17, 15) is 10.1 Å². The number of anilines is 1. The van der Waals surface area contributed by atoms with Crippen LogP contribution in [-0.2, 0) is 0 Å². The van der Waals surface area contributed by atoms with Gasteiger partial charge >= 0.3 is 0 Å². The molecule has 0 amide bonds. The van der Waals surface area contributed by atoms with Gasteiger partial charge in [-0.05, 0) is 31.7 Å². The van der Waals surface area contributed by atoms with E-state index < -0.39 is 0 Å². The third kappa shape index (κ3) is 2.23. The van der Waals surface area contributed by atoms with Crippen molar-refractivity contribution in [1.29, 1.82) is 0 Å². The van der Waals surface area contributed by atoms with Crippen LogP contribution in [0, 0.1) is 16.0 Å². The number of non-ortho nitro benzene ring substituents is 1. The van der Waals surface area contributed by atoms with Crippen molar-refractivity contribution >= 4 is 22.3 Å². The van der Waals surface area contributed by atoms with Crippen molar-refractivity contribution in [2.75, 3.05) is 5.32 Å². The number of benzene rings is 1. The van der Waals surface area contributed by atoms with Crippen molar-refractivity contribution in [2.24, 2.45) is 5.92 Å². The van der Waals surface area contributed by atoms with Gasteiger partial charge in [0.25, 0.3) is 5.69 Å². The van der Waals surface area contributed by atoms with Gasteiger partial charge in [-0.3, -0.25) is 10.1 Å². The molecule has 0 radical (unpaired) electrons. The zero-order valence-corrected chi connectivity index (χ0v) is 10.7. The molecule has 98 valence electrons. The topological polar surface area (TPSA) is 68.1 Å². The van der Waals surface area contributed by atoms with Gasteiger partial charge in [-0.25, -0.2) is 4.98 Å². The first-order valence-corrected chi connectivity index (χ1v) is 6.45. The summed E-state index contributed by atoms with van der Waals surface area (Å²) in [6, 6.07) is 7.34. The summed E-state index contributed by atoms with van der Waals surface area (Å²) in [6.07, 6.45) is 4.14. The van der Waals surface area contributed by atoms with Crippen LogP contribution >= 0.6 is 0 Å². The maximum Gasteiger partial charge on any atom is 0.295 e. The predicted molar refractivity (Wildman–Crippen MR) is 74.2 cm³/mol. The number of para-hydroxylation sites is 1. The second-order valence-corrected chi connectivity index (χ2v) is 5.06. The molecule has 1 saturated carbocycles. The maximum absolute atomic E-state index is 11.0. The van der Waals surface area contributed by atoms with Gasteiger partial charge in [0.05, 0.1) is 4.92 Å². The molecule has 1 N–H and O–H groups in total. The number of nitrogens with one attached hydrogen (secondary N) is 1. The fourth-order valence-electron chi connectivity index (χ4n) is 2.39. The molecule has 1 aliphatic carbocycles. The van der Waals surface area contributed by atoms with Gasteiger partial charge in [0, 0.05) is 29.4 Å². The average Bonchev–Trinajstić information content (AvgIpc) is 3.22. The second kappa shape index (κ2) is 4.50. The summed E-state index contributed by atoms with van der Waals surface area (Å²) in [7, 11) is 0. The summed E-state index contributed by atoms with van der Waals surface area (Å²) in [5, 5.41) is 15.3. The molecule has 0 saturated heterocycles. The van der Waals surface area contributed by atoms with Crippen molar-refractivity contribution in [2.45, 2.75) is 25.8 Å². The number of hydrogen-bond acceptors (Lipinski definition) is 4. The highest BCUT2D eigenvalue weighted by molar-refractivity contribution is 5.96. The van der Waals surface area contributed by atoms with E-state index in [4.69, 9.17) is 0 Å². The van der Waals surface area contributed by atoms with Crippen LogP contribution < -0.4 is 5.32 Å². The number of hydrogen-bond donors (Lipinski definition) is 1. The largest absolute Gasteiger partial charge is 0.382 e. The van der Waals surface area contributed by atoms with Crippen molar-refractivity contribution in [3.05, 3.63) is 40.6 Å². The molecule has 1 aliphatic rings. The zero-order chi connectivity index (χ0) is 13.4. The number of aromatic nitrogens is 1. The van der Waals surface area contributed by atoms with Crippen LogP contribution in [0.15, 0.2) is 30.5 Å². The summed E-state index contributed by atoms with van der Waals surface area (Å²) in [5.74, 6) is 0.724. The molecule has 1 aromatic heterocycles. The van der Waals surface area contributed by atoms with E-state index in [-0.39, 0.29) is 10.6 Å². The van der Waals surface area contributed by atoms with Gasteiger partial charge in [-0.2, -0.15) is 0 Å². The number of nitro benzene ring substituents is 1. The van der Waals surface area contributed by atoms with Crippen LogP contribution in [0.3, 0.4) is 0 Å². The molecule has 5 heteroatoms. The number of pyridine rings is 1. The fraction of sp³-hybridized carbons (Fsp3) is 0.357. The number of nitro groups is 1. The highest BCUT2D eigenvalue weighted by atomic mass is 16.6. The molecule has 1 unspecified atom stereocenters. The van der Waals surface area contributed by atoms with Gasteiger partial charge in [0.1, 0.15) is 5.52 Å². The molecular formula is C14H15N3O2. The summed E-state index contributed by atoms with van der Waals surface area (Å²) in [6.45, 7) is 2.15. The molecule has 1 fully saturated rings. The summed E-state index contributed by atoms with van der Waals surface area (Å²) in [5.41, 5.74) is 1.42. The normalized spacial score (nSPS) is 16.3. The van der Waals surface area contributed by atoms with E-state index >= 15 is 0 Å². The van der Waals surface area contributed by atoms with E-state index in [1.165, 1.54) is 18.9 Å². The Morgan fingerprint density at radius 3 is 2.89 bits per heavy atom. The molecule has 0 aliphatic heterocycles. The van der Waals surface area contributed by atoms with E-state index in [0.717, 1.165) is 17.0 Å². The molecular weight excluding hydrogens is 242 g/mol. The predicted octanol–water partition coefficient (Wildman–Crippen LogP) is 3.35. The van der Waals surface area contributed by atoms with Crippen molar-refractivity contribution in [1.82, 2.24) is 4.98 Å². The quantitative estimate of drug-likeness (QED) is 0.673. The lowest BCUT2D eigenvalue weighted by atomic mass is 10.1. The molecule has 5 nitrogen and oxygen atoms in total. The van der Waals surface area contributed by atoms with Crippen LogP contribution in [0.2, 0.25) is 0 Å². The standard InChI is InChI=1S/C14H15N3O2/c1-9(10-5-6-10)16-12-7-8-15-14-11(12)3-2-4-13(14)17(18)19/h2-4,7-10H,5-6H2,1H3,(H,15,16). The Kier molecular flexibility index (Phi) is 2.81. The average molecular weight is 257 g/mol. The molecule has 1 heterocycles. The van der Waals surface area contributed by atoms with Gasteiger partial charge < -0.3 is 5.32 Å². The first kappa shape index (κ1) is 11.9. The highest BCUT2D eigenvalue weighted by Gasteiger charge is 2.28. The Morgan fingerprint density at radius 1 is 1.42 bits per heavy atom. The molecule has 0 spiro atoms. The molecule has 1 atom stereocenters. The van der Waals surface area contributed by atoms with Crippen LogP contribution in [0.1, 0.15) is 19.8 Å². The first-order chi connectivity index (χ1) is 9.16. The van der Waals surface area contributed by atoms with E-state index in [1.807, 2.05) is 12.1 Å². The summed E-state index contributed by atoms with van der Waals surface area (Å²) >= 11 is 0. The molecule has 2 aromatic rings. The Labute approximate surface area is 110 Å². The lowest BCUT2D eigenvalue weighted by Crippen LogP contribution is -2.17. The zero-order valence-electron chi connectivity index (χ0n) is 10.7. The van der Waals surface area contributed by atoms with Gasteiger partial charge in [0.15, 0.2) is 0 Å². The van der Waals surface area contributed by atoms with E-state index in [1.54, 1.807) is 12.3 Å². The molecule has 1 aromatic carbocycles. The minimum absolute atomic E-state index is 0.0558. The van der Waals surface area contributed by atoms with E-state index in [0.29, 0.717) is 11.6 Å². The number of rotatable bonds is 4. The SMILES string of the molecule is CC(Nc1ccnc2c([N+](=O)[O-])cccc12)C1CC1. The van der Waals surface area contributed by atoms with Crippen molar-refractivity contribution < 1.29 is 4.92 Å². The monoisotopic (exact) mass is 257 g/mol. The van der Waals surface area contributed by atoms with Gasteiger partial charge in [0.2, 0.25) is 0 Å². The smallest absolute Gasteiger partial charge is 0.295 e. The van der Waals surface area contributed by atoms with Crippen molar-refractivity contribution in [3.8, 4) is 0 Å². The summed E-state index contributed by atoms with van der Waals surface area (Å²) in [4.78, 5) is 14.8. The molecule has 0 bridgehead atoms. The van der Waals surface area contributed by atoms with Gasteiger partial charge in [-0.15, -0.1) is 0 Å². The van der Waals surface area contributed by atoms with E-state index in [2.05, 4.69) is 17.2 Å². The third-order valence-corrected chi connectivity index (χ3v) is 3.66. The highest BCUT2D eigenvalue weighted by Crippen LogP contribution is 2.35. The van der Waals surface area contributed by atoms with Crippen LogP contribution in [0.5, 0.6) is 0 Å². The number of fused-ring (bicyclic) bond motifs is 1. The molecule has 3 rings (SSSR count). The summed E-state index contributed by atoms with van der Waals surface area (Å²) < 4.78 is 0. The Bertz CT molecular complexity index is 638. The second-order valence-electron chi connectivity index (χ2n) is 5.06. The van der Waals surface area contributed by atoms with Crippen LogP contribution in [0.4, 0.5) is 11.4 Å². The molecule has 19 heavy (non-hydrogen) atoms. The van der Waals surface area contributed by atoms with Crippen LogP contribution in [0.25, 0.3) is 10.9 Å².